The van der Waals surface area contributed by atoms with E-state index in [1.165, 1.54) is 32.4 Å². The van der Waals surface area contributed by atoms with Crippen LogP contribution in [0.15, 0.2) is 18.2 Å². The van der Waals surface area contributed by atoms with Gasteiger partial charge >= 0.3 is 0 Å². The molecule has 1 aromatic rings. The number of benzene rings is 1. The predicted octanol–water partition coefficient (Wildman–Crippen LogP) is 2.76. The van der Waals surface area contributed by atoms with Crippen molar-refractivity contribution < 1.29 is 13.9 Å². The molecule has 0 heterocycles. The summed E-state index contributed by atoms with van der Waals surface area (Å²) in [6.07, 6.45) is 6.09. The monoisotopic (exact) mass is 322 g/mol. The van der Waals surface area contributed by atoms with Crippen LogP contribution in [0, 0.1) is 5.82 Å². The Morgan fingerprint density at radius 1 is 1.30 bits per heavy atom. The van der Waals surface area contributed by atoms with Gasteiger partial charge in [-0.1, -0.05) is 25.3 Å². The van der Waals surface area contributed by atoms with Gasteiger partial charge < -0.3 is 15.0 Å². The smallest absolute Gasteiger partial charge is 0.224 e. The molecule has 0 aliphatic heterocycles. The second kappa shape index (κ2) is 7.77. The number of ether oxygens (including phenoxy) is 1. The Kier molecular flexibility index (Phi) is 5.99. The summed E-state index contributed by atoms with van der Waals surface area (Å²) in [6, 6.07) is 4.64. The van der Waals surface area contributed by atoms with Crippen LogP contribution in [0.4, 0.5) is 4.39 Å². The average molecular weight is 322 g/mol. The van der Waals surface area contributed by atoms with Gasteiger partial charge in [0.2, 0.25) is 5.91 Å². The molecule has 0 aromatic heterocycles. The molecule has 2 rings (SSSR count). The van der Waals surface area contributed by atoms with Crippen molar-refractivity contribution in [3.8, 4) is 5.75 Å². The molecule has 0 atom stereocenters. The van der Waals surface area contributed by atoms with Gasteiger partial charge in [0.25, 0.3) is 0 Å². The SMILES string of the molecule is COc1ccc(CC(=O)NCC2(N(C)C)CCCCC2)cc1F. The first-order valence-corrected chi connectivity index (χ1v) is 8.23. The van der Waals surface area contributed by atoms with E-state index in [0.29, 0.717) is 12.1 Å². The zero-order valence-corrected chi connectivity index (χ0v) is 14.3. The molecular formula is C18H27FN2O2. The van der Waals surface area contributed by atoms with Crippen molar-refractivity contribution in [3.63, 3.8) is 0 Å². The minimum atomic E-state index is -0.435. The maximum atomic E-state index is 13.7. The molecule has 1 aliphatic rings. The van der Waals surface area contributed by atoms with E-state index >= 15 is 0 Å². The number of nitrogens with one attached hydrogen (secondary N) is 1. The number of hydrogen-bond donors (Lipinski definition) is 1. The third-order valence-electron chi connectivity index (χ3n) is 4.93. The lowest BCUT2D eigenvalue weighted by Gasteiger charge is -2.43. The molecule has 128 valence electrons. The van der Waals surface area contributed by atoms with Gasteiger partial charge in [-0.15, -0.1) is 0 Å². The first-order valence-electron chi connectivity index (χ1n) is 8.23. The van der Waals surface area contributed by atoms with Gasteiger partial charge in [-0.2, -0.15) is 0 Å². The summed E-state index contributed by atoms with van der Waals surface area (Å²) in [7, 11) is 5.59. The Morgan fingerprint density at radius 3 is 2.57 bits per heavy atom. The van der Waals surface area contributed by atoms with Crippen LogP contribution in [-0.2, 0) is 11.2 Å². The van der Waals surface area contributed by atoms with Crippen LogP contribution in [0.25, 0.3) is 0 Å². The van der Waals surface area contributed by atoms with E-state index in [1.807, 2.05) is 0 Å². The molecule has 1 amide bonds. The molecule has 0 bridgehead atoms. The number of carbonyl (C=O) groups excluding carboxylic acids is 1. The van der Waals surface area contributed by atoms with Gasteiger partial charge in [0.15, 0.2) is 11.6 Å². The molecule has 5 heteroatoms. The number of halogens is 1. The van der Waals surface area contributed by atoms with Crippen molar-refractivity contribution in [2.24, 2.45) is 0 Å². The van der Waals surface area contributed by atoms with Crippen molar-refractivity contribution in [3.05, 3.63) is 29.6 Å². The van der Waals surface area contributed by atoms with E-state index in [2.05, 4.69) is 24.3 Å². The molecule has 4 nitrogen and oxygen atoms in total. The largest absolute Gasteiger partial charge is 0.494 e. The third-order valence-corrected chi connectivity index (χ3v) is 4.93. The minimum Gasteiger partial charge on any atom is -0.494 e. The molecule has 0 unspecified atom stereocenters. The first kappa shape index (κ1) is 17.7. The van der Waals surface area contributed by atoms with Gasteiger partial charge in [0, 0.05) is 12.1 Å². The number of nitrogens with zero attached hydrogens (tertiary/aromatic N) is 1. The van der Waals surface area contributed by atoms with Crippen molar-refractivity contribution in [1.82, 2.24) is 10.2 Å². The highest BCUT2D eigenvalue weighted by molar-refractivity contribution is 5.78. The summed E-state index contributed by atoms with van der Waals surface area (Å²) in [5, 5.41) is 3.04. The lowest BCUT2D eigenvalue weighted by molar-refractivity contribution is -0.121. The summed E-state index contributed by atoms with van der Waals surface area (Å²) in [4.78, 5) is 14.4. The van der Waals surface area contributed by atoms with Crippen LogP contribution in [0.1, 0.15) is 37.7 Å². The molecule has 23 heavy (non-hydrogen) atoms. The maximum Gasteiger partial charge on any atom is 0.224 e. The van der Waals surface area contributed by atoms with Crippen LogP contribution in [0.5, 0.6) is 5.75 Å². The fraction of sp³-hybridized carbons (Fsp3) is 0.611. The van der Waals surface area contributed by atoms with Crippen molar-refractivity contribution in [2.45, 2.75) is 44.1 Å². The summed E-state index contributed by atoms with van der Waals surface area (Å²) in [5.74, 6) is -0.306. The Hall–Kier alpha value is -1.62. The Morgan fingerprint density at radius 2 is 2.00 bits per heavy atom. The van der Waals surface area contributed by atoms with Crippen LogP contribution >= 0.6 is 0 Å². The van der Waals surface area contributed by atoms with Gasteiger partial charge in [-0.3, -0.25) is 4.79 Å². The van der Waals surface area contributed by atoms with Gasteiger partial charge in [0.05, 0.1) is 13.5 Å². The highest BCUT2D eigenvalue weighted by Gasteiger charge is 2.34. The quantitative estimate of drug-likeness (QED) is 0.875. The van der Waals surface area contributed by atoms with Crippen molar-refractivity contribution in [2.75, 3.05) is 27.7 Å². The Balaban J connectivity index is 1.92. The van der Waals surface area contributed by atoms with Gasteiger partial charge in [0.1, 0.15) is 0 Å². The van der Waals surface area contributed by atoms with Crippen LogP contribution in [0.3, 0.4) is 0 Å². The predicted molar refractivity (Wildman–Crippen MR) is 89.2 cm³/mol. The fourth-order valence-electron chi connectivity index (χ4n) is 3.32. The first-order chi connectivity index (χ1) is 11.0. The van der Waals surface area contributed by atoms with Crippen molar-refractivity contribution >= 4 is 5.91 Å². The average Bonchev–Trinajstić information content (AvgIpc) is 2.54. The summed E-state index contributed by atoms with van der Waals surface area (Å²) < 4.78 is 18.6. The summed E-state index contributed by atoms with van der Waals surface area (Å²) in [5.41, 5.74) is 0.711. The highest BCUT2D eigenvalue weighted by Crippen LogP contribution is 2.31. The summed E-state index contributed by atoms with van der Waals surface area (Å²) in [6.45, 7) is 0.650. The molecule has 0 radical (unpaired) electrons. The van der Waals surface area contributed by atoms with Gasteiger partial charge in [-0.25, -0.2) is 4.39 Å². The van der Waals surface area contributed by atoms with Gasteiger partial charge in [-0.05, 0) is 44.6 Å². The third kappa shape index (κ3) is 4.44. The molecule has 1 aliphatic carbocycles. The van der Waals surface area contributed by atoms with E-state index < -0.39 is 5.82 Å². The number of carbonyl (C=O) groups is 1. The van der Waals surface area contributed by atoms with E-state index in [1.54, 1.807) is 12.1 Å². The zero-order chi connectivity index (χ0) is 16.9. The van der Waals surface area contributed by atoms with Crippen LogP contribution < -0.4 is 10.1 Å². The number of rotatable bonds is 6. The zero-order valence-electron chi connectivity index (χ0n) is 14.3. The number of methoxy groups -OCH3 is 1. The molecule has 1 fully saturated rings. The molecule has 1 saturated carbocycles. The van der Waals surface area contributed by atoms with Crippen LogP contribution in [0.2, 0.25) is 0 Å². The summed E-state index contributed by atoms with van der Waals surface area (Å²) >= 11 is 0. The fourth-order valence-corrected chi connectivity index (χ4v) is 3.32. The molecule has 1 aromatic carbocycles. The molecule has 1 N–H and O–H groups in total. The minimum absolute atomic E-state index is 0.0546. The normalized spacial score (nSPS) is 17.1. The van der Waals surface area contributed by atoms with E-state index in [9.17, 15) is 9.18 Å². The molecule has 0 saturated heterocycles. The van der Waals surface area contributed by atoms with Crippen molar-refractivity contribution in [1.29, 1.82) is 0 Å². The maximum absolute atomic E-state index is 13.7. The Bertz CT molecular complexity index is 540. The lowest BCUT2D eigenvalue weighted by Crippen LogP contribution is -2.54. The van der Waals surface area contributed by atoms with E-state index in [4.69, 9.17) is 4.74 Å². The van der Waals surface area contributed by atoms with E-state index in [-0.39, 0.29) is 23.6 Å². The number of likely N-dealkylation sites (N-methyl/N-ethyl adjacent to an activating group) is 1. The second-order valence-corrected chi connectivity index (χ2v) is 6.60. The highest BCUT2D eigenvalue weighted by atomic mass is 19.1. The Labute approximate surface area is 138 Å². The second-order valence-electron chi connectivity index (χ2n) is 6.60. The topological polar surface area (TPSA) is 41.6 Å². The standard InChI is InChI=1S/C18H27FN2O2/c1-21(2)18(9-5-4-6-10-18)13-20-17(22)12-14-7-8-16(23-3)15(19)11-14/h7-8,11H,4-6,9-10,12-13H2,1-3H3,(H,20,22). The van der Waals surface area contributed by atoms with Crippen LogP contribution in [-0.4, -0.2) is 44.1 Å². The van der Waals surface area contributed by atoms with E-state index in [0.717, 1.165) is 12.8 Å². The molecular weight excluding hydrogens is 295 g/mol. The number of amides is 1. The molecule has 0 spiro atoms. The lowest BCUT2D eigenvalue weighted by atomic mass is 9.80. The number of hydrogen-bond acceptors (Lipinski definition) is 3.